The second-order valence-electron chi connectivity index (χ2n) is 2.31. The topological polar surface area (TPSA) is 66.2 Å². The van der Waals surface area contributed by atoms with E-state index < -0.39 is 5.97 Å². The Morgan fingerprint density at radius 2 is 2.12 bits per heavy atom. The predicted octanol–water partition coefficient (Wildman–Crippen LogP) is -2.31. The normalized spacial score (nSPS) is 11.4. The van der Waals surface area contributed by atoms with Crippen LogP contribution in [0.2, 0.25) is 0 Å². The molecular formula is C4H10N2O2. The molecule has 2 N–H and O–H groups in total. The second-order valence-corrected chi connectivity index (χ2v) is 2.31. The molecule has 0 aliphatic heterocycles. The Hall–Kier alpha value is -0.610. The summed E-state index contributed by atoms with van der Waals surface area (Å²) >= 11 is 0. The fourth-order valence-corrected chi connectivity index (χ4v) is 0.333. The largest absolute Gasteiger partial charge is 0.544 e. The molecule has 0 spiro atoms. The number of hydrogen-bond donors (Lipinski definition) is 1. The number of rotatable bonds is 2. The van der Waals surface area contributed by atoms with Crippen LogP contribution in [-0.4, -0.2) is 31.2 Å². The Labute approximate surface area is 48.1 Å². The number of carboxylic acids is 1. The van der Waals surface area contributed by atoms with Crippen LogP contribution in [0.5, 0.6) is 0 Å². The van der Waals surface area contributed by atoms with Crippen LogP contribution in [0.3, 0.4) is 0 Å². The molecule has 0 heterocycles. The quantitative estimate of drug-likeness (QED) is 0.251. The van der Waals surface area contributed by atoms with Gasteiger partial charge in [0.15, 0.2) is 0 Å². The molecule has 0 bridgehead atoms. The number of carboxylic acid groups (broad SMARTS) is 1. The van der Waals surface area contributed by atoms with Crippen LogP contribution in [0.1, 0.15) is 0 Å². The highest BCUT2D eigenvalue weighted by Crippen LogP contribution is 1.79. The first-order chi connectivity index (χ1) is 3.42. The van der Waals surface area contributed by atoms with E-state index in [1.54, 1.807) is 14.1 Å². The predicted molar refractivity (Wildman–Crippen MR) is 26.2 cm³/mol. The van der Waals surface area contributed by atoms with Gasteiger partial charge in [0, 0.05) is 0 Å². The molecule has 0 aliphatic rings. The van der Waals surface area contributed by atoms with Crippen LogP contribution in [0.4, 0.5) is 0 Å². The molecule has 0 radical (unpaired) electrons. The lowest BCUT2D eigenvalue weighted by Crippen LogP contribution is -2.53. The van der Waals surface area contributed by atoms with E-state index in [0.29, 0.717) is 0 Å². The summed E-state index contributed by atoms with van der Waals surface area (Å²) in [6.07, 6.45) is 0. The van der Waals surface area contributed by atoms with Crippen molar-refractivity contribution >= 4 is 5.97 Å². The minimum absolute atomic E-state index is 0.0810. The molecule has 0 aromatic rings. The van der Waals surface area contributed by atoms with Gasteiger partial charge in [-0.25, -0.2) is 4.59 Å². The molecular weight excluding hydrogens is 108 g/mol. The van der Waals surface area contributed by atoms with Gasteiger partial charge in [0.2, 0.25) is 0 Å². The lowest BCUT2D eigenvalue weighted by atomic mass is 10.6. The molecule has 0 saturated heterocycles. The van der Waals surface area contributed by atoms with Gasteiger partial charge in [-0.1, -0.05) is 0 Å². The standard InChI is InChI=1S/C4H10N2O2/c1-6(2,5)3-4(7)8/h3,5H2,1-2H3. The highest BCUT2D eigenvalue weighted by molar-refractivity contribution is 5.65. The zero-order valence-corrected chi connectivity index (χ0v) is 5.05. The summed E-state index contributed by atoms with van der Waals surface area (Å²) in [4.78, 5) is 9.81. The van der Waals surface area contributed by atoms with Crippen LogP contribution in [0, 0.1) is 0 Å². The summed E-state index contributed by atoms with van der Waals surface area (Å²) < 4.78 is -0.0810. The number of carbonyl (C=O) groups is 1. The lowest BCUT2D eigenvalue weighted by Gasteiger charge is -2.21. The molecule has 0 rings (SSSR count). The van der Waals surface area contributed by atoms with Crippen molar-refractivity contribution in [3.8, 4) is 0 Å². The van der Waals surface area contributed by atoms with Gasteiger partial charge in [-0.15, -0.1) is 0 Å². The van der Waals surface area contributed by atoms with E-state index >= 15 is 0 Å². The molecule has 0 aliphatic carbocycles. The Balaban J connectivity index is 3.55. The molecule has 0 atom stereocenters. The molecule has 8 heavy (non-hydrogen) atoms. The first-order valence-electron chi connectivity index (χ1n) is 2.23. The maximum Gasteiger partial charge on any atom is 0.136 e. The van der Waals surface area contributed by atoms with E-state index in [2.05, 4.69) is 0 Å². The summed E-state index contributed by atoms with van der Waals surface area (Å²) in [6, 6.07) is 0. The van der Waals surface area contributed by atoms with Gasteiger partial charge < -0.3 is 9.90 Å². The molecule has 0 aromatic heterocycles. The van der Waals surface area contributed by atoms with Crippen molar-refractivity contribution in [3.63, 3.8) is 0 Å². The number of quaternary nitrogens is 1. The smallest absolute Gasteiger partial charge is 0.136 e. The van der Waals surface area contributed by atoms with Crippen molar-refractivity contribution in [2.75, 3.05) is 20.6 Å². The first-order valence-corrected chi connectivity index (χ1v) is 2.23. The molecule has 48 valence electrons. The molecule has 0 saturated carbocycles. The van der Waals surface area contributed by atoms with Gasteiger partial charge in [-0.2, -0.15) is 5.84 Å². The van der Waals surface area contributed by atoms with Gasteiger partial charge in [-0.05, 0) is 0 Å². The highest BCUT2D eigenvalue weighted by atomic mass is 16.4. The number of hydrogen-bond acceptors (Lipinski definition) is 3. The van der Waals surface area contributed by atoms with E-state index in [1.807, 2.05) is 0 Å². The summed E-state index contributed by atoms with van der Waals surface area (Å²) in [6.45, 7) is -0.153. The van der Waals surface area contributed by atoms with Gasteiger partial charge in [0.25, 0.3) is 0 Å². The number of nitrogens with two attached hydrogens (primary N) is 1. The first kappa shape index (κ1) is 7.39. The van der Waals surface area contributed by atoms with Crippen LogP contribution >= 0.6 is 0 Å². The van der Waals surface area contributed by atoms with Crippen molar-refractivity contribution in [1.82, 2.24) is 0 Å². The zero-order valence-electron chi connectivity index (χ0n) is 5.05. The molecule has 0 amide bonds. The second kappa shape index (κ2) is 2.11. The monoisotopic (exact) mass is 118 g/mol. The minimum atomic E-state index is -1.13. The Kier molecular flexibility index (Phi) is 1.94. The highest BCUT2D eigenvalue weighted by Gasteiger charge is 2.06. The Morgan fingerprint density at radius 1 is 1.75 bits per heavy atom. The van der Waals surface area contributed by atoms with Crippen LogP contribution in [0.15, 0.2) is 0 Å². The van der Waals surface area contributed by atoms with Crippen molar-refractivity contribution in [2.45, 2.75) is 0 Å². The van der Waals surface area contributed by atoms with E-state index in [1.165, 1.54) is 0 Å². The average molecular weight is 118 g/mol. The van der Waals surface area contributed by atoms with Crippen molar-refractivity contribution < 1.29 is 14.5 Å². The maximum atomic E-state index is 9.81. The van der Waals surface area contributed by atoms with E-state index in [0.717, 1.165) is 0 Å². The van der Waals surface area contributed by atoms with E-state index in [-0.39, 0.29) is 11.1 Å². The molecule has 4 heteroatoms. The number of carbonyl (C=O) groups excluding carboxylic acids is 1. The van der Waals surface area contributed by atoms with E-state index in [9.17, 15) is 9.90 Å². The van der Waals surface area contributed by atoms with Gasteiger partial charge >= 0.3 is 0 Å². The van der Waals surface area contributed by atoms with Crippen LogP contribution < -0.4 is 10.9 Å². The van der Waals surface area contributed by atoms with Gasteiger partial charge in [0.1, 0.15) is 6.54 Å². The molecule has 4 nitrogen and oxygen atoms in total. The summed E-state index contributed by atoms with van der Waals surface area (Å²) in [5.41, 5.74) is 0. The average Bonchev–Trinajstić information content (AvgIpc) is 1.21. The van der Waals surface area contributed by atoms with Crippen molar-refractivity contribution in [3.05, 3.63) is 0 Å². The van der Waals surface area contributed by atoms with Crippen LogP contribution in [0.25, 0.3) is 0 Å². The van der Waals surface area contributed by atoms with E-state index in [4.69, 9.17) is 5.84 Å². The fourth-order valence-electron chi connectivity index (χ4n) is 0.333. The fraction of sp³-hybridized carbons (Fsp3) is 0.750. The number of nitrogens with zero attached hydrogens (tertiary/aromatic N) is 1. The Bertz CT molecular complexity index is 94.7. The molecule has 0 fully saturated rings. The summed E-state index contributed by atoms with van der Waals surface area (Å²) in [5, 5.41) is 9.81. The van der Waals surface area contributed by atoms with Crippen molar-refractivity contribution in [2.24, 2.45) is 5.84 Å². The molecule has 0 unspecified atom stereocenters. The van der Waals surface area contributed by atoms with Gasteiger partial charge in [-0.3, -0.25) is 0 Å². The van der Waals surface area contributed by atoms with Gasteiger partial charge in [0.05, 0.1) is 20.1 Å². The zero-order chi connectivity index (χ0) is 6.78. The molecule has 0 aromatic carbocycles. The minimum Gasteiger partial charge on any atom is -0.544 e. The maximum absolute atomic E-state index is 9.81. The third-order valence-electron chi connectivity index (χ3n) is 0.537. The summed E-state index contributed by atoms with van der Waals surface area (Å²) in [7, 11) is 3.16. The summed E-state index contributed by atoms with van der Waals surface area (Å²) in [5.74, 6) is 4.13. The number of likely N-dealkylation sites (N-methyl/N-ethyl adjacent to an activating group) is 1. The van der Waals surface area contributed by atoms with Crippen LogP contribution in [-0.2, 0) is 4.79 Å². The third kappa shape index (κ3) is 5.39. The van der Waals surface area contributed by atoms with Crippen molar-refractivity contribution in [1.29, 1.82) is 0 Å². The lowest BCUT2D eigenvalue weighted by molar-refractivity contribution is -0.896. The number of aliphatic carboxylic acids is 1. The Morgan fingerprint density at radius 3 is 2.12 bits per heavy atom. The third-order valence-corrected chi connectivity index (χ3v) is 0.537. The SMILES string of the molecule is C[N+](C)(N)CC(=O)[O-].